The van der Waals surface area contributed by atoms with Crippen molar-refractivity contribution in [2.45, 2.75) is 29.5 Å². The molecule has 30 heavy (non-hydrogen) atoms. The average Bonchev–Trinajstić information content (AvgIpc) is 2.67. The fourth-order valence-corrected chi connectivity index (χ4v) is 4.61. The molecule has 0 aliphatic carbocycles. The highest BCUT2D eigenvalue weighted by Crippen LogP contribution is 2.34. The van der Waals surface area contributed by atoms with Crippen molar-refractivity contribution in [2.75, 3.05) is 24.2 Å². The van der Waals surface area contributed by atoms with Crippen LogP contribution in [0.5, 0.6) is 0 Å². The number of amides is 1. The maximum absolute atomic E-state index is 13.3. The first-order valence-electron chi connectivity index (χ1n) is 9.14. The summed E-state index contributed by atoms with van der Waals surface area (Å²) in [6, 6.07) is 10.6. The zero-order valence-corrected chi connectivity index (χ0v) is 16.8. The molecule has 2 aromatic rings. The van der Waals surface area contributed by atoms with E-state index in [1.165, 1.54) is 30.3 Å². The fraction of sp³-hybridized carbons (Fsp3) is 0.350. The van der Waals surface area contributed by atoms with Gasteiger partial charge < -0.3 is 10.2 Å². The standard InChI is InChI=1S/C20H20F4N2O3S/c1-30(28,29)18-5-3-2-4-17(18)26-11-10-15(13-6-8-14(21)9-7-13)16(12-26)25-19(27)20(22,23)24/h2-9,15-16H,10-12H2,1H3,(H,25,27). The van der Waals surface area contributed by atoms with Crippen molar-refractivity contribution in [1.29, 1.82) is 0 Å². The van der Waals surface area contributed by atoms with Gasteiger partial charge in [0.2, 0.25) is 0 Å². The van der Waals surface area contributed by atoms with E-state index >= 15 is 0 Å². The van der Waals surface area contributed by atoms with E-state index < -0.39 is 39.7 Å². The van der Waals surface area contributed by atoms with Gasteiger partial charge in [0, 0.05) is 25.3 Å². The van der Waals surface area contributed by atoms with E-state index in [0.717, 1.165) is 6.26 Å². The van der Waals surface area contributed by atoms with Crippen LogP contribution < -0.4 is 10.2 Å². The Labute approximate surface area is 171 Å². The number of nitrogens with one attached hydrogen (secondary N) is 1. The van der Waals surface area contributed by atoms with E-state index in [9.17, 15) is 30.8 Å². The zero-order chi connectivity index (χ0) is 22.1. The Morgan fingerprint density at radius 1 is 1.10 bits per heavy atom. The van der Waals surface area contributed by atoms with Gasteiger partial charge in [-0.1, -0.05) is 24.3 Å². The second-order valence-electron chi connectivity index (χ2n) is 7.21. The minimum atomic E-state index is -5.06. The smallest absolute Gasteiger partial charge is 0.368 e. The quantitative estimate of drug-likeness (QED) is 0.736. The zero-order valence-electron chi connectivity index (χ0n) is 16.0. The third-order valence-electron chi connectivity index (χ3n) is 5.09. The van der Waals surface area contributed by atoms with Gasteiger partial charge >= 0.3 is 12.1 Å². The van der Waals surface area contributed by atoms with Gasteiger partial charge in [-0.2, -0.15) is 13.2 Å². The Hall–Kier alpha value is -2.62. The Morgan fingerprint density at radius 3 is 2.33 bits per heavy atom. The molecule has 5 nitrogen and oxygen atoms in total. The molecule has 1 aliphatic heterocycles. The first-order valence-corrected chi connectivity index (χ1v) is 11.0. The monoisotopic (exact) mass is 444 g/mol. The van der Waals surface area contributed by atoms with Gasteiger partial charge in [0.25, 0.3) is 0 Å². The number of hydrogen-bond acceptors (Lipinski definition) is 4. The summed E-state index contributed by atoms with van der Waals surface area (Å²) in [5, 5.41) is 2.03. The molecule has 10 heteroatoms. The first-order chi connectivity index (χ1) is 14.0. The fourth-order valence-electron chi connectivity index (χ4n) is 3.71. The summed E-state index contributed by atoms with van der Waals surface area (Å²) in [6.45, 7) is 0.323. The van der Waals surface area contributed by atoms with Gasteiger partial charge in [-0.05, 0) is 36.2 Å². The van der Waals surface area contributed by atoms with Crippen LogP contribution in [0.15, 0.2) is 53.4 Å². The largest absolute Gasteiger partial charge is 0.471 e. The number of nitrogens with zero attached hydrogens (tertiary/aromatic N) is 1. The number of para-hydroxylation sites is 1. The SMILES string of the molecule is CS(=O)(=O)c1ccccc1N1CCC(c2ccc(F)cc2)C(NC(=O)C(F)(F)F)C1. The lowest BCUT2D eigenvalue weighted by molar-refractivity contribution is -0.174. The predicted molar refractivity (Wildman–Crippen MR) is 104 cm³/mol. The summed E-state index contributed by atoms with van der Waals surface area (Å²) >= 11 is 0. The second kappa shape index (κ2) is 8.25. The molecule has 0 aromatic heterocycles. The Bertz CT molecular complexity index is 1020. The van der Waals surface area contributed by atoms with Gasteiger partial charge in [-0.3, -0.25) is 4.79 Å². The predicted octanol–water partition coefficient (Wildman–Crippen LogP) is 3.27. The third-order valence-corrected chi connectivity index (χ3v) is 6.23. The number of alkyl halides is 3. The normalized spacial score (nSPS) is 20.1. The molecule has 1 heterocycles. The number of piperidine rings is 1. The number of hydrogen-bond donors (Lipinski definition) is 1. The Balaban J connectivity index is 1.94. The molecule has 0 saturated carbocycles. The molecule has 1 amide bonds. The van der Waals surface area contributed by atoms with Crippen LogP contribution in [0, 0.1) is 5.82 Å². The molecule has 162 valence electrons. The minimum absolute atomic E-state index is 0.0314. The van der Waals surface area contributed by atoms with Gasteiger partial charge in [-0.15, -0.1) is 0 Å². The molecule has 1 saturated heterocycles. The highest BCUT2D eigenvalue weighted by Gasteiger charge is 2.42. The van der Waals surface area contributed by atoms with Crippen LogP contribution in [-0.4, -0.2) is 45.9 Å². The lowest BCUT2D eigenvalue weighted by Crippen LogP contribution is -2.54. The molecule has 3 rings (SSSR count). The molecule has 0 radical (unpaired) electrons. The van der Waals surface area contributed by atoms with Crippen LogP contribution in [0.1, 0.15) is 17.9 Å². The van der Waals surface area contributed by atoms with Gasteiger partial charge in [0.1, 0.15) is 5.82 Å². The van der Waals surface area contributed by atoms with Gasteiger partial charge in [-0.25, -0.2) is 12.8 Å². The van der Waals surface area contributed by atoms with Crippen LogP contribution in [-0.2, 0) is 14.6 Å². The molecular weight excluding hydrogens is 424 g/mol. The summed E-state index contributed by atoms with van der Waals surface area (Å²) in [7, 11) is -3.57. The van der Waals surface area contributed by atoms with Crippen molar-refractivity contribution in [3.8, 4) is 0 Å². The minimum Gasteiger partial charge on any atom is -0.368 e. The molecule has 2 aromatic carbocycles. The van der Waals surface area contributed by atoms with Gasteiger partial charge in [0.05, 0.1) is 16.6 Å². The molecule has 1 fully saturated rings. The van der Waals surface area contributed by atoms with E-state index in [1.807, 2.05) is 5.32 Å². The Morgan fingerprint density at radius 2 is 1.73 bits per heavy atom. The van der Waals surface area contributed by atoms with E-state index in [-0.39, 0.29) is 11.4 Å². The summed E-state index contributed by atoms with van der Waals surface area (Å²) in [5.74, 6) is -3.04. The van der Waals surface area contributed by atoms with Crippen LogP contribution in [0.3, 0.4) is 0 Å². The number of rotatable bonds is 4. The molecule has 1 N–H and O–H groups in total. The highest BCUT2D eigenvalue weighted by atomic mass is 32.2. The molecule has 2 atom stereocenters. The van der Waals surface area contributed by atoms with Crippen molar-refractivity contribution in [1.82, 2.24) is 5.32 Å². The number of carbonyl (C=O) groups is 1. The van der Waals surface area contributed by atoms with E-state index in [1.54, 1.807) is 23.1 Å². The van der Waals surface area contributed by atoms with Crippen LogP contribution in [0.4, 0.5) is 23.2 Å². The topological polar surface area (TPSA) is 66.5 Å². The van der Waals surface area contributed by atoms with Crippen molar-refractivity contribution in [3.63, 3.8) is 0 Å². The van der Waals surface area contributed by atoms with Crippen molar-refractivity contribution < 1.29 is 30.8 Å². The molecule has 0 bridgehead atoms. The molecule has 0 spiro atoms. The number of sulfone groups is 1. The lowest BCUT2D eigenvalue weighted by Gasteiger charge is -2.41. The summed E-state index contributed by atoms with van der Waals surface area (Å²) in [6.07, 6.45) is -3.66. The maximum atomic E-state index is 13.3. The van der Waals surface area contributed by atoms with Crippen LogP contribution >= 0.6 is 0 Å². The van der Waals surface area contributed by atoms with Gasteiger partial charge in [0.15, 0.2) is 9.84 Å². The van der Waals surface area contributed by atoms with Crippen molar-refractivity contribution >= 4 is 21.4 Å². The maximum Gasteiger partial charge on any atom is 0.471 e. The Kier molecular flexibility index (Phi) is 6.07. The lowest BCUT2D eigenvalue weighted by atomic mass is 9.85. The van der Waals surface area contributed by atoms with Crippen molar-refractivity contribution in [2.24, 2.45) is 0 Å². The molecule has 1 aliphatic rings. The molecule has 2 unspecified atom stereocenters. The second-order valence-corrected chi connectivity index (χ2v) is 9.19. The van der Waals surface area contributed by atoms with Crippen molar-refractivity contribution in [3.05, 3.63) is 59.9 Å². The number of carbonyl (C=O) groups excluding carboxylic acids is 1. The number of anilines is 1. The third kappa shape index (κ3) is 4.92. The summed E-state index contributed by atoms with van der Waals surface area (Å²) in [4.78, 5) is 13.3. The van der Waals surface area contributed by atoms with Crippen LogP contribution in [0.25, 0.3) is 0 Å². The van der Waals surface area contributed by atoms with E-state index in [0.29, 0.717) is 24.2 Å². The summed E-state index contributed by atoms with van der Waals surface area (Å²) in [5.41, 5.74) is 0.962. The highest BCUT2D eigenvalue weighted by molar-refractivity contribution is 7.90. The van der Waals surface area contributed by atoms with E-state index in [2.05, 4.69) is 0 Å². The number of halogens is 4. The first kappa shape index (κ1) is 22.1. The number of benzene rings is 2. The van der Waals surface area contributed by atoms with Crippen LogP contribution in [0.2, 0.25) is 0 Å². The average molecular weight is 444 g/mol. The summed E-state index contributed by atoms with van der Waals surface area (Å²) < 4.78 is 76.1. The van der Waals surface area contributed by atoms with E-state index in [4.69, 9.17) is 0 Å². The molecular formula is C20H20F4N2O3S.